The summed E-state index contributed by atoms with van der Waals surface area (Å²) in [7, 11) is 0. The number of aromatic nitrogens is 3. The highest BCUT2D eigenvalue weighted by Crippen LogP contribution is 2.23. The first-order valence-corrected chi connectivity index (χ1v) is 11.9. The van der Waals surface area contributed by atoms with Gasteiger partial charge in [-0.25, -0.2) is 14.6 Å². The Morgan fingerprint density at radius 1 is 1.09 bits per heavy atom. The number of piperidine rings is 1. The van der Waals surface area contributed by atoms with Crippen LogP contribution in [-0.2, 0) is 6.42 Å². The molecule has 2 aromatic carbocycles. The van der Waals surface area contributed by atoms with Crippen molar-refractivity contribution in [3.05, 3.63) is 70.6 Å². The molecule has 0 radical (unpaired) electrons. The Morgan fingerprint density at radius 2 is 1.89 bits per heavy atom. The smallest absolute Gasteiger partial charge is 0.325 e. The Balaban J connectivity index is 0.00000289. The van der Waals surface area contributed by atoms with E-state index in [1.54, 1.807) is 0 Å². The molecule has 0 saturated carbocycles. The van der Waals surface area contributed by atoms with E-state index in [4.69, 9.17) is 4.74 Å². The van der Waals surface area contributed by atoms with Crippen LogP contribution in [0.2, 0.25) is 0 Å². The quantitative estimate of drug-likeness (QED) is 0.333. The third-order valence-corrected chi connectivity index (χ3v) is 6.40. The SMILES string of the molecule is Cl.O=C(NCCCOc1ccc2nc3[nH]c(=O)[nH]c3cc2c1)N1CCC(Cc2ccccc2)CC1. The van der Waals surface area contributed by atoms with Crippen LogP contribution in [-0.4, -0.2) is 52.1 Å². The monoisotopic (exact) mass is 495 g/mol. The van der Waals surface area contributed by atoms with Crippen molar-refractivity contribution in [3.63, 3.8) is 0 Å². The average molecular weight is 496 g/mol. The maximum Gasteiger partial charge on any atom is 0.325 e. The predicted molar refractivity (Wildman–Crippen MR) is 139 cm³/mol. The number of fused-ring (bicyclic) bond motifs is 2. The minimum Gasteiger partial charge on any atom is -0.494 e. The fraction of sp³-hybridized carbons (Fsp3) is 0.346. The molecule has 4 aromatic rings. The molecule has 1 saturated heterocycles. The summed E-state index contributed by atoms with van der Waals surface area (Å²) in [5.74, 6) is 1.38. The van der Waals surface area contributed by atoms with Crippen molar-refractivity contribution in [2.24, 2.45) is 5.92 Å². The molecule has 0 bridgehead atoms. The number of amides is 2. The topological polar surface area (TPSA) is 103 Å². The van der Waals surface area contributed by atoms with Gasteiger partial charge in [0.05, 0.1) is 17.6 Å². The zero-order valence-electron chi connectivity index (χ0n) is 19.5. The molecule has 2 aromatic heterocycles. The van der Waals surface area contributed by atoms with Gasteiger partial charge in [-0.2, -0.15) is 0 Å². The van der Waals surface area contributed by atoms with Gasteiger partial charge in [0.15, 0.2) is 5.65 Å². The van der Waals surface area contributed by atoms with Crippen LogP contribution in [0.1, 0.15) is 24.8 Å². The van der Waals surface area contributed by atoms with E-state index in [1.807, 2.05) is 35.2 Å². The molecular weight excluding hydrogens is 466 g/mol. The van der Waals surface area contributed by atoms with E-state index in [0.29, 0.717) is 30.2 Å². The summed E-state index contributed by atoms with van der Waals surface area (Å²) < 4.78 is 5.86. The largest absolute Gasteiger partial charge is 0.494 e. The normalized spacial score (nSPS) is 14.1. The fourth-order valence-electron chi connectivity index (χ4n) is 4.55. The number of hydrogen-bond donors (Lipinski definition) is 3. The second-order valence-corrected chi connectivity index (χ2v) is 8.87. The number of carbonyl (C=O) groups excluding carboxylic acids is 1. The van der Waals surface area contributed by atoms with Crippen LogP contribution in [0.15, 0.2) is 59.4 Å². The molecule has 2 amide bonds. The van der Waals surface area contributed by atoms with Gasteiger partial charge in [0.1, 0.15) is 5.75 Å². The molecule has 3 N–H and O–H groups in total. The molecule has 0 atom stereocenters. The second-order valence-electron chi connectivity index (χ2n) is 8.87. The maximum atomic E-state index is 12.5. The molecule has 8 nitrogen and oxygen atoms in total. The molecule has 3 heterocycles. The number of urea groups is 1. The number of hydrogen-bond acceptors (Lipinski definition) is 4. The van der Waals surface area contributed by atoms with Crippen molar-refractivity contribution in [2.75, 3.05) is 26.2 Å². The Morgan fingerprint density at radius 3 is 2.69 bits per heavy atom. The Bertz CT molecular complexity index is 1330. The highest BCUT2D eigenvalue weighted by atomic mass is 35.5. The van der Waals surface area contributed by atoms with Crippen LogP contribution >= 0.6 is 12.4 Å². The van der Waals surface area contributed by atoms with Gasteiger partial charge in [-0.15, -0.1) is 12.4 Å². The number of nitrogens with zero attached hydrogens (tertiary/aromatic N) is 2. The Kier molecular flexibility index (Phi) is 7.92. The van der Waals surface area contributed by atoms with Crippen molar-refractivity contribution in [1.29, 1.82) is 0 Å². The van der Waals surface area contributed by atoms with E-state index in [1.165, 1.54) is 5.56 Å². The van der Waals surface area contributed by atoms with Gasteiger partial charge >= 0.3 is 11.7 Å². The molecule has 5 rings (SSSR count). The van der Waals surface area contributed by atoms with Crippen LogP contribution in [0, 0.1) is 5.92 Å². The summed E-state index contributed by atoms with van der Waals surface area (Å²) in [6, 6.07) is 18.1. The third kappa shape index (κ3) is 6.14. The fourth-order valence-corrected chi connectivity index (χ4v) is 4.55. The number of imidazole rings is 1. The van der Waals surface area contributed by atoms with Gasteiger partial charge in [-0.05, 0) is 61.4 Å². The Hall–Kier alpha value is -3.52. The summed E-state index contributed by atoms with van der Waals surface area (Å²) >= 11 is 0. The molecule has 9 heteroatoms. The van der Waals surface area contributed by atoms with Crippen LogP contribution in [0.4, 0.5) is 4.79 Å². The molecule has 1 aliphatic heterocycles. The number of likely N-dealkylation sites (tertiary alicyclic amines) is 1. The van der Waals surface area contributed by atoms with Crippen LogP contribution in [0.25, 0.3) is 22.1 Å². The van der Waals surface area contributed by atoms with Crippen molar-refractivity contribution >= 4 is 40.5 Å². The highest BCUT2D eigenvalue weighted by Gasteiger charge is 2.22. The van der Waals surface area contributed by atoms with Gasteiger partial charge < -0.3 is 19.9 Å². The lowest BCUT2D eigenvalue weighted by atomic mass is 9.90. The van der Waals surface area contributed by atoms with E-state index in [2.05, 4.69) is 44.5 Å². The first kappa shape index (κ1) is 24.6. The lowest BCUT2D eigenvalue weighted by Gasteiger charge is -2.32. The summed E-state index contributed by atoms with van der Waals surface area (Å²) in [5, 5.41) is 3.91. The summed E-state index contributed by atoms with van der Waals surface area (Å²) in [5.41, 5.74) is 3.10. The van der Waals surface area contributed by atoms with Gasteiger partial charge in [0, 0.05) is 25.0 Å². The maximum absolute atomic E-state index is 12.5. The van der Waals surface area contributed by atoms with E-state index in [-0.39, 0.29) is 24.1 Å². The van der Waals surface area contributed by atoms with Crippen LogP contribution in [0.3, 0.4) is 0 Å². The van der Waals surface area contributed by atoms with Gasteiger partial charge in [-0.3, -0.25) is 4.98 Å². The van der Waals surface area contributed by atoms with Crippen LogP contribution in [0.5, 0.6) is 5.75 Å². The molecule has 1 aliphatic rings. The number of rotatable bonds is 7. The number of benzene rings is 2. The van der Waals surface area contributed by atoms with Crippen molar-refractivity contribution in [3.8, 4) is 5.75 Å². The average Bonchev–Trinajstić information content (AvgIpc) is 3.22. The zero-order valence-corrected chi connectivity index (χ0v) is 20.3. The number of H-pyrrole nitrogens is 2. The molecule has 0 aliphatic carbocycles. The van der Waals surface area contributed by atoms with Gasteiger partial charge in [-0.1, -0.05) is 30.3 Å². The molecule has 184 valence electrons. The first-order chi connectivity index (χ1) is 16.6. The molecule has 35 heavy (non-hydrogen) atoms. The summed E-state index contributed by atoms with van der Waals surface area (Å²) in [6.45, 7) is 2.69. The molecular formula is C26H30ClN5O3. The van der Waals surface area contributed by atoms with E-state index in [0.717, 1.165) is 55.4 Å². The predicted octanol–water partition coefficient (Wildman–Crippen LogP) is 4.26. The number of aromatic amines is 2. The number of halogens is 1. The second kappa shape index (κ2) is 11.3. The lowest BCUT2D eigenvalue weighted by Crippen LogP contribution is -2.45. The standard InChI is InChI=1S/C26H29N5O3.ClH/c32-25-29-23-17-20-16-21(7-8-22(20)28-24(23)30-25)34-14-4-11-27-26(33)31-12-9-19(10-13-31)15-18-5-2-1-3-6-18;/h1-3,5-8,16-17,19H,4,9-15H2,(H,27,33)(H2,28,29,30,32);1H. The number of carbonyl (C=O) groups is 1. The number of nitrogens with one attached hydrogen (secondary N) is 3. The molecule has 0 unspecified atom stereocenters. The number of pyridine rings is 1. The zero-order chi connectivity index (χ0) is 23.3. The lowest BCUT2D eigenvalue weighted by molar-refractivity contribution is 0.169. The third-order valence-electron chi connectivity index (χ3n) is 6.40. The summed E-state index contributed by atoms with van der Waals surface area (Å²) in [4.78, 5) is 35.7. The first-order valence-electron chi connectivity index (χ1n) is 11.9. The number of ether oxygens (including phenoxy) is 1. The molecule has 0 spiro atoms. The minimum absolute atomic E-state index is 0. The van der Waals surface area contributed by atoms with Crippen molar-refractivity contribution in [2.45, 2.75) is 25.7 Å². The van der Waals surface area contributed by atoms with Crippen molar-refractivity contribution < 1.29 is 9.53 Å². The minimum atomic E-state index is -0.270. The molecule has 1 fully saturated rings. The van der Waals surface area contributed by atoms with Crippen molar-refractivity contribution in [1.82, 2.24) is 25.2 Å². The van der Waals surface area contributed by atoms with E-state index >= 15 is 0 Å². The summed E-state index contributed by atoms with van der Waals surface area (Å²) in [6.07, 6.45) is 3.90. The van der Waals surface area contributed by atoms with E-state index < -0.39 is 0 Å². The van der Waals surface area contributed by atoms with Crippen LogP contribution < -0.4 is 15.7 Å². The van der Waals surface area contributed by atoms with E-state index in [9.17, 15) is 9.59 Å². The Labute approximate surface area is 209 Å². The van der Waals surface area contributed by atoms with Gasteiger partial charge in [0.2, 0.25) is 0 Å². The highest BCUT2D eigenvalue weighted by molar-refractivity contribution is 5.90. The van der Waals surface area contributed by atoms with Gasteiger partial charge in [0.25, 0.3) is 0 Å².